The first-order chi connectivity index (χ1) is 12.7. The molecule has 0 saturated carbocycles. The number of nitrogens with zero attached hydrogens (tertiary/aromatic N) is 4. The van der Waals surface area contributed by atoms with Crippen LogP contribution in [0.5, 0.6) is 0 Å². The van der Waals surface area contributed by atoms with Gasteiger partial charge in [-0.1, -0.05) is 11.6 Å². The molecule has 3 aromatic rings. The normalized spacial score (nSPS) is 11.4. The summed E-state index contributed by atoms with van der Waals surface area (Å²) >= 11 is 6.01. The average molecular weight is 408 g/mol. The highest BCUT2D eigenvalue weighted by Gasteiger charge is 2.24. The Balaban J connectivity index is 2.12. The van der Waals surface area contributed by atoms with Gasteiger partial charge in [0.05, 0.1) is 21.2 Å². The summed E-state index contributed by atoms with van der Waals surface area (Å²) in [5.41, 5.74) is 1.17. The molecule has 0 amide bonds. The van der Waals surface area contributed by atoms with Crippen molar-refractivity contribution in [3.05, 3.63) is 69.3 Å². The van der Waals surface area contributed by atoms with Crippen LogP contribution in [-0.2, 0) is 10.0 Å². The molecule has 27 heavy (non-hydrogen) atoms. The van der Waals surface area contributed by atoms with Crippen molar-refractivity contribution in [3.63, 3.8) is 0 Å². The summed E-state index contributed by atoms with van der Waals surface area (Å²) in [5, 5.41) is 15.4. The fraction of sp³-hybridized carbons (Fsp3) is 0.125. The quantitative estimate of drug-likeness (QED) is 0.512. The Morgan fingerprint density at radius 2 is 1.96 bits per heavy atom. The van der Waals surface area contributed by atoms with Gasteiger partial charge in [0.15, 0.2) is 0 Å². The van der Waals surface area contributed by atoms with Crippen molar-refractivity contribution < 1.29 is 13.3 Å². The monoisotopic (exact) mass is 407 g/mol. The molecule has 0 saturated heterocycles. The van der Waals surface area contributed by atoms with Crippen molar-refractivity contribution in [3.8, 4) is 5.69 Å². The number of non-ortho nitro benzene ring substituents is 1. The number of benzene rings is 2. The fourth-order valence-corrected chi connectivity index (χ4v) is 4.09. The number of hydrogen-bond donors (Lipinski definition) is 1. The lowest BCUT2D eigenvalue weighted by atomic mass is 10.1. The van der Waals surface area contributed by atoms with Crippen molar-refractivity contribution in [2.24, 2.45) is 0 Å². The number of nitro benzene ring substituents is 1. The largest absolute Gasteiger partial charge is 0.277 e. The van der Waals surface area contributed by atoms with Gasteiger partial charge < -0.3 is 0 Å². The second-order valence-corrected chi connectivity index (χ2v) is 7.84. The molecule has 0 unspecified atom stereocenters. The highest BCUT2D eigenvalue weighted by molar-refractivity contribution is 7.92. The zero-order valence-electron chi connectivity index (χ0n) is 14.2. The lowest BCUT2D eigenvalue weighted by Gasteiger charge is -2.15. The van der Waals surface area contributed by atoms with E-state index < -0.39 is 14.9 Å². The van der Waals surface area contributed by atoms with Gasteiger partial charge in [-0.3, -0.25) is 14.8 Å². The van der Waals surface area contributed by atoms with E-state index >= 15 is 0 Å². The van der Waals surface area contributed by atoms with E-state index in [4.69, 9.17) is 11.6 Å². The first kappa shape index (κ1) is 18.8. The van der Waals surface area contributed by atoms with Crippen molar-refractivity contribution in [2.75, 3.05) is 4.72 Å². The van der Waals surface area contributed by atoms with Crippen LogP contribution in [0.15, 0.2) is 47.9 Å². The van der Waals surface area contributed by atoms with Crippen LogP contribution in [0, 0.1) is 24.0 Å². The molecule has 0 aliphatic rings. The maximum Gasteiger partial charge on any atom is 0.271 e. The summed E-state index contributed by atoms with van der Waals surface area (Å²) in [6, 6.07) is 6.95. The van der Waals surface area contributed by atoms with Crippen molar-refractivity contribution in [2.45, 2.75) is 18.7 Å². The summed E-state index contributed by atoms with van der Waals surface area (Å²) in [7, 11) is -4.13. The van der Waals surface area contributed by atoms with Gasteiger partial charge in [0.25, 0.3) is 15.7 Å². The molecular formula is C16H14ClN5O4S. The lowest BCUT2D eigenvalue weighted by molar-refractivity contribution is -0.385. The summed E-state index contributed by atoms with van der Waals surface area (Å²) in [6.07, 6.45) is 2.71. The first-order valence-corrected chi connectivity index (χ1v) is 9.48. The minimum absolute atomic E-state index is 0.163. The number of anilines is 1. The van der Waals surface area contributed by atoms with Gasteiger partial charge in [0, 0.05) is 17.2 Å². The van der Waals surface area contributed by atoms with Gasteiger partial charge in [-0.05, 0) is 43.2 Å². The van der Waals surface area contributed by atoms with Gasteiger partial charge in [-0.25, -0.2) is 18.1 Å². The molecule has 2 aromatic carbocycles. The molecular weight excluding hydrogens is 394 g/mol. The van der Waals surface area contributed by atoms with E-state index in [0.29, 0.717) is 21.8 Å². The molecule has 0 aliphatic heterocycles. The molecule has 9 nitrogen and oxygen atoms in total. The van der Waals surface area contributed by atoms with Crippen LogP contribution in [0.25, 0.3) is 5.69 Å². The predicted octanol–water partition coefficient (Wildman–Crippen LogP) is 3.25. The van der Waals surface area contributed by atoms with E-state index in [1.54, 1.807) is 26.0 Å². The molecule has 1 heterocycles. The van der Waals surface area contributed by atoms with Crippen molar-refractivity contribution in [1.82, 2.24) is 14.8 Å². The number of sulfonamides is 1. The highest BCUT2D eigenvalue weighted by atomic mass is 35.5. The van der Waals surface area contributed by atoms with Crippen LogP contribution in [0.4, 0.5) is 11.4 Å². The SMILES string of the molecule is Cc1cc([N+](=O)[O-])cc(S(=O)(=O)Nc2cc(Cl)ccc2-n2cncn2)c1C. The Hall–Kier alpha value is -2.98. The molecule has 140 valence electrons. The Morgan fingerprint density at radius 1 is 1.22 bits per heavy atom. The van der Waals surface area contributed by atoms with Crippen molar-refractivity contribution >= 4 is 33.0 Å². The average Bonchev–Trinajstić information content (AvgIpc) is 3.10. The molecule has 3 rings (SSSR count). The summed E-state index contributed by atoms with van der Waals surface area (Å²) in [4.78, 5) is 14.1. The summed E-state index contributed by atoms with van der Waals surface area (Å²) in [5.74, 6) is 0. The smallest absolute Gasteiger partial charge is 0.271 e. The Morgan fingerprint density at radius 3 is 2.59 bits per heavy atom. The standard InChI is InChI=1S/C16H14ClN5O4S/c1-10-5-13(22(23)24)7-16(11(10)2)27(25,26)20-14-6-12(17)3-4-15(14)21-9-18-8-19-21/h3-9,20H,1-2H3. The number of halogens is 1. The third kappa shape index (κ3) is 3.76. The summed E-state index contributed by atoms with van der Waals surface area (Å²) < 4.78 is 29.7. The van der Waals surface area contributed by atoms with Gasteiger partial charge in [0.1, 0.15) is 12.7 Å². The van der Waals surface area contributed by atoms with Crippen LogP contribution in [0.2, 0.25) is 5.02 Å². The van der Waals surface area contributed by atoms with Crippen LogP contribution < -0.4 is 4.72 Å². The van der Waals surface area contributed by atoms with Gasteiger partial charge in [-0.15, -0.1) is 0 Å². The van der Waals surface area contributed by atoms with E-state index in [1.165, 1.54) is 29.5 Å². The number of aryl methyl sites for hydroxylation is 1. The van der Waals surface area contributed by atoms with Crippen LogP contribution >= 0.6 is 11.6 Å². The van der Waals surface area contributed by atoms with Gasteiger partial charge in [0.2, 0.25) is 0 Å². The molecule has 0 bridgehead atoms. The maximum atomic E-state index is 13.0. The Kier molecular flexibility index (Phi) is 4.85. The second-order valence-electron chi connectivity index (χ2n) is 5.75. The van der Waals surface area contributed by atoms with Crippen LogP contribution in [0.3, 0.4) is 0 Å². The van der Waals surface area contributed by atoms with E-state index in [9.17, 15) is 18.5 Å². The molecule has 11 heteroatoms. The van der Waals surface area contributed by atoms with Gasteiger partial charge in [-0.2, -0.15) is 5.10 Å². The first-order valence-electron chi connectivity index (χ1n) is 7.62. The minimum Gasteiger partial charge on any atom is -0.277 e. The Labute approximate surface area is 159 Å². The number of hydrogen-bond acceptors (Lipinski definition) is 6. The summed E-state index contributed by atoms with van der Waals surface area (Å²) in [6.45, 7) is 3.20. The number of nitro groups is 1. The Bertz CT molecular complexity index is 1130. The van der Waals surface area contributed by atoms with Crippen molar-refractivity contribution in [1.29, 1.82) is 0 Å². The molecule has 0 atom stereocenters. The predicted molar refractivity (Wildman–Crippen MR) is 99.7 cm³/mol. The van der Waals surface area contributed by atoms with Crippen LogP contribution in [0.1, 0.15) is 11.1 Å². The fourth-order valence-electron chi connectivity index (χ4n) is 2.52. The van der Waals surface area contributed by atoms with E-state index in [0.717, 1.165) is 6.07 Å². The number of nitrogens with one attached hydrogen (secondary N) is 1. The third-order valence-corrected chi connectivity index (χ3v) is 5.70. The molecule has 0 fully saturated rings. The van der Waals surface area contributed by atoms with Gasteiger partial charge >= 0.3 is 0 Å². The molecule has 1 aromatic heterocycles. The zero-order chi connectivity index (χ0) is 19.8. The maximum absolute atomic E-state index is 13.0. The third-order valence-electron chi connectivity index (χ3n) is 3.97. The molecule has 1 N–H and O–H groups in total. The minimum atomic E-state index is -4.13. The number of aromatic nitrogens is 3. The van der Waals surface area contributed by atoms with Crippen LogP contribution in [-0.4, -0.2) is 28.1 Å². The lowest BCUT2D eigenvalue weighted by Crippen LogP contribution is -2.17. The highest BCUT2D eigenvalue weighted by Crippen LogP contribution is 2.30. The van der Waals surface area contributed by atoms with E-state index in [1.807, 2.05) is 0 Å². The number of rotatable bonds is 5. The second kappa shape index (κ2) is 6.97. The topological polar surface area (TPSA) is 120 Å². The van der Waals surface area contributed by atoms with E-state index in [2.05, 4.69) is 14.8 Å². The molecule has 0 spiro atoms. The molecule has 0 aliphatic carbocycles. The zero-order valence-corrected chi connectivity index (χ0v) is 15.8. The molecule has 0 radical (unpaired) electrons. The van der Waals surface area contributed by atoms with E-state index in [-0.39, 0.29) is 16.3 Å².